The van der Waals surface area contributed by atoms with E-state index in [1.807, 2.05) is 17.7 Å². The molecule has 0 saturated heterocycles. The minimum absolute atomic E-state index is 0.0464. The van der Waals surface area contributed by atoms with Gasteiger partial charge in [0.25, 0.3) is 5.91 Å². The Bertz CT molecular complexity index is 1150. The number of carbonyl (C=O) groups is 2. The van der Waals surface area contributed by atoms with Gasteiger partial charge in [0.15, 0.2) is 5.76 Å². The van der Waals surface area contributed by atoms with Gasteiger partial charge in [0.1, 0.15) is 5.75 Å². The number of phenolic OH excluding ortho intramolecular Hbond substituents is 1. The van der Waals surface area contributed by atoms with Crippen LogP contribution in [-0.2, 0) is 11.3 Å². The number of amides is 1. The Balaban J connectivity index is 1.69. The smallest absolute Gasteiger partial charge is 0.290 e. The van der Waals surface area contributed by atoms with Crippen LogP contribution < -0.4 is 0 Å². The fourth-order valence-corrected chi connectivity index (χ4v) is 4.70. The van der Waals surface area contributed by atoms with Crippen molar-refractivity contribution in [3.05, 3.63) is 75.5 Å². The van der Waals surface area contributed by atoms with Crippen molar-refractivity contribution in [2.45, 2.75) is 32.9 Å². The lowest BCUT2D eigenvalue weighted by atomic mass is 9.95. The largest absolute Gasteiger partial charge is 0.508 e. The molecule has 8 nitrogen and oxygen atoms in total. The number of benzene rings is 1. The summed E-state index contributed by atoms with van der Waals surface area (Å²) in [5, 5.41) is 21.1. The number of phenols is 1. The van der Waals surface area contributed by atoms with Gasteiger partial charge in [-0.15, -0.1) is 11.3 Å². The second-order valence-corrected chi connectivity index (χ2v) is 8.59. The maximum Gasteiger partial charge on any atom is 0.290 e. The summed E-state index contributed by atoms with van der Waals surface area (Å²) in [5.41, 5.74) is 1.26. The van der Waals surface area contributed by atoms with E-state index in [2.05, 4.69) is 9.97 Å². The lowest BCUT2D eigenvalue weighted by Gasteiger charge is -2.27. The van der Waals surface area contributed by atoms with E-state index in [-0.39, 0.29) is 11.3 Å². The lowest BCUT2D eigenvalue weighted by Crippen LogP contribution is -2.32. The number of aromatic hydroxyl groups is 1. The van der Waals surface area contributed by atoms with E-state index in [0.29, 0.717) is 35.6 Å². The Morgan fingerprint density at radius 1 is 1.16 bits per heavy atom. The minimum Gasteiger partial charge on any atom is -0.508 e. The first kappa shape index (κ1) is 20.8. The number of hydrogen-bond donors (Lipinski definition) is 2. The summed E-state index contributed by atoms with van der Waals surface area (Å²) < 4.78 is 1.90. The molecule has 0 aliphatic carbocycles. The maximum absolute atomic E-state index is 13.4. The van der Waals surface area contributed by atoms with E-state index in [4.69, 9.17) is 0 Å². The molecule has 0 bridgehead atoms. The molecule has 0 radical (unpaired) electrons. The zero-order chi connectivity index (χ0) is 22.1. The van der Waals surface area contributed by atoms with Gasteiger partial charge in [-0.05, 0) is 38.0 Å². The van der Waals surface area contributed by atoms with Crippen molar-refractivity contribution in [2.24, 2.45) is 0 Å². The van der Waals surface area contributed by atoms with Crippen LogP contribution in [0.25, 0.3) is 0 Å². The normalized spacial score (nSPS) is 16.4. The molecule has 3 heterocycles. The third kappa shape index (κ3) is 3.96. The van der Waals surface area contributed by atoms with Gasteiger partial charge < -0.3 is 19.7 Å². The molecule has 2 N–H and O–H groups in total. The third-order valence-electron chi connectivity index (χ3n) is 5.24. The van der Waals surface area contributed by atoms with Gasteiger partial charge in [-0.1, -0.05) is 12.1 Å². The van der Waals surface area contributed by atoms with Crippen molar-refractivity contribution in [1.82, 2.24) is 19.4 Å². The predicted molar refractivity (Wildman–Crippen MR) is 115 cm³/mol. The molecule has 1 aliphatic heterocycles. The summed E-state index contributed by atoms with van der Waals surface area (Å²) >= 11 is 1.24. The van der Waals surface area contributed by atoms with Crippen LogP contribution in [0, 0.1) is 13.8 Å². The van der Waals surface area contributed by atoms with Gasteiger partial charge >= 0.3 is 0 Å². The molecule has 3 aromatic rings. The third-order valence-corrected chi connectivity index (χ3v) is 6.31. The summed E-state index contributed by atoms with van der Waals surface area (Å²) in [7, 11) is 0. The second-order valence-electron chi connectivity index (χ2n) is 7.39. The molecule has 0 fully saturated rings. The highest BCUT2D eigenvalue weighted by Gasteiger charge is 2.44. The summed E-state index contributed by atoms with van der Waals surface area (Å²) in [6.07, 6.45) is 5.83. The Morgan fingerprint density at radius 2 is 1.90 bits per heavy atom. The highest BCUT2D eigenvalue weighted by atomic mass is 32.1. The summed E-state index contributed by atoms with van der Waals surface area (Å²) in [4.78, 5) is 36.6. The number of Topliss-reactive ketones (excluding diaryl/α,β-unsaturated/α-hetero) is 1. The first-order valence-electron chi connectivity index (χ1n) is 9.84. The predicted octanol–water partition coefficient (Wildman–Crippen LogP) is 3.33. The summed E-state index contributed by atoms with van der Waals surface area (Å²) in [5.74, 6) is -1.43. The van der Waals surface area contributed by atoms with Crippen molar-refractivity contribution in [3.8, 4) is 5.75 Å². The quantitative estimate of drug-likeness (QED) is 0.548. The zero-order valence-electron chi connectivity index (χ0n) is 17.1. The van der Waals surface area contributed by atoms with Crippen molar-refractivity contribution < 1.29 is 19.8 Å². The van der Waals surface area contributed by atoms with Crippen molar-refractivity contribution in [3.63, 3.8) is 0 Å². The van der Waals surface area contributed by atoms with Crippen LogP contribution in [0.5, 0.6) is 5.75 Å². The highest BCUT2D eigenvalue weighted by Crippen LogP contribution is 2.40. The molecule has 160 valence electrons. The van der Waals surface area contributed by atoms with Crippen LogP contribution >= 0.6 is 11.3 Å². The van der Waals surface area contributed by atoms with Gasteiger partial charge in [0, 0.05) is 25.5 Å². The van der Waals surface area contributed by atoms with Gasteiger partial charge in [0.05, 0.1) is 33.5 Å². The van der Waals surface area contributed by atoms with Crippen molar-refractivity contribution in [2.75, 3.05) is 6.54 Å². The molecule has 4 rings (SSSR count). The molecular weight excluding hydrogens is 416 g/mol. The number of aliphatic hydroxyl groups is 1. The molecule has 1 unspecified atom stereocenters. The Hall–Kier alpha value is -3.46. The number of hydrogen-bond acceptors (Lipinski definition) is 7. The number of ketones is 1. The lowest BCUT2D eigenvalue weighted by molar-refractivity contribution is -0.129. The van der Waals surface area contributed by atoms with Crippen molar-refractivity contribution >= 4 is 23.0 Å². The summed E-state index contributed by atoms with van der Waals surface area (Å²) in [6, 6.07) is 5.58. The van der Waals surface area contributed by atoms with Gasteiger partial charge in [-0.2, -0.15) is 0 Å². The van der Waals surface area contributed by atoms with Crippen LogP contribution in [0.4, 0.5) is 0 Å². The Kier molecular flexibility index (Phi) is 5.60. The highest BCUT2D eigenvalue weighted by molar-refractivity contribution is 7.14. The average molecular weight is 439 g/mol. The SMILES string of the molecule is Cc1nc(C)c(C(=O)C2=C(O)C(=O)N(CCCn3ccnc3)C2c2ccc(O)cc2)s1. The van der Waals surface area contributed by atoms with Crippen LogP contribution in [0.1, 0.15) is 38.4 Å². The average Bonchev–Trinajstić information content (AvgIpc) is 3.43. The van der Waals surface area contributed by atoms with Gasteiger partial charge in [-0.25, -0.2) is 9.97 Å². The number of thiazole rings is 1. The number of aryl methyl sites for hydroxylation is 3. The van der Waals surface area contributed by atoms with E-state index in [1.54, 1.807) is 31.6 Å². The van der Waals surface area contributed by atoms with Crippen molar-refractivity contribution in [1.29, 1.82) is 0 Å². The van der Waals surface area contributed by atoms with Crippen LogP contribution in [0.3, 0.4) is 0 Å². The van der Waals surface area contributed by atoms with Gasteiger partial charge in [-0.3, -0.25) is 9.59 Å². The maximum atomic E-state index is 13.4. The molecule has 1 aliphatic rings. The first-order chi connectivity index (χ1) is 14.9. The molecule has 31 heavy (non-hydrogen) atoms. The molecule has 9 heteroatoms. The first-order valence-corrected chi connectivity index (χ1v) is 10.7. The van der Waals surface area contributed by atoms with E-state index in [1.165, 1.54) is 28.4 Å². The molecule has 2 aromatic heterocycles. The van der Waals surface area contributed by atoms with Crippen LogP contribution in [0.2, 0.25) is 0 Å². The zero-order valence-corrected chi connectivity index (χ0v) is 18.0. The topological polar surface area (TPSA) is 109 Å². The second kappa shape index (κ2) is 8.35. The molecule has 0 spiro atoms. The van der Waals surface area contributed by atoms with Crippen LogP contribution in [-0.4, -0.2) is 47.9 Å². The molecule has 1 aromatic carbocycles. The molecular formula is C22H22N4O4S. The van der Waals surface area contributed by atoms with Gasteiger partial charge in [0.2, 0.25) is 5.78 Å². The number of aliphatic hydroxyl groups excluding tert-OH is 1. The van der Waals surface area contributed by atoms with Crippen LogP contribution in [0.15, 0.2) is 54.3 Å². The van der Waals surface area contributed by atoms with E-state index in [0.717, 1.165) is 5.01 Å². The monoisotopic (exact) mass is 438 g/mol. The van der Waals surface area contributed by atoms with E-state index >= 15 is 0 Å². The number of rotatable bonds is 7. The van der Waals surface area contributed by atoms with E-state index < -0.39 is 23.5 Å². The summed E-state index contributed by atoms with van der Waals surface area (Å²) in [6.45, 7) is 4.53. The molecule has 0 saturated carbocycles. The number of imidazole rings is 1. The number of nitrogens with zero attached hydrogens (tertiary/aromatic N) is 4. The standard InChI is InChI=1S/C22H22N4O4S/c1-13-21(31-14(2)24-13)19(28)17-18(15-4-6-16(27)7-5-15)26(22(30)20(17)29)10-3-9-25-11-8-23-12-25/h4-8,11-12,18,27,29H,3,9-10H2,1-2H3. The number of aromatic nitrogens is 3. The Labute approximate surface area is 183 Å². The van der Waals surface area contributed by atoms with E-state index in [9.17, 15) is 19.8 Å². The minimum atomic E-state index is -0.745. The fraction of sp³-hybridized carbons (Fsp3) is 0.273. The Morgan fingerprint density at radius 3 is 2.52 bits per heavy atom. The number of carbonyl (C=O) groups excluding carboxylic acids is 2. The molecule has 1 atom stereocenters. The molecule has 1 amide bonds. The fourth-order valence-electron chi connectivity index (χ4n) is 3.83.